The van der Waals surface area contributed by atoms with E-state index in [0.29, 0.717) is 16.8 Å². The Labute approximate surface area is 107 Å². The van der Waals surface area contributed by atoms with Gasteiger partial charge in [0.1, 0.15) is 11.3 Å². The van der Waals surface area contributed by atoms with Crippen molar-refractivity contribution in [3.63, 3.8) is 0 Å². The number of nitrogens with zero attached hydrogens (tertiary/aromatic N) is 4. The smallest absolute Gasteiger partial charge is 0.239 e. The molecule has 0 amide bonds. The summed E-state index contributed by atoms with van der Waals surface area (Å²) >= 11 is 6.10. The minimum atomic E-state index is 0.298. The molecule has 2 aromatic heterocycles. The Kier molecular flexibility index (Phi) is 2.58. The second-order valence-electron chi connectivity index (χ2n) is 3.61. The van der Waals surface area contributed by atoms with E-state index >= 15 is 0 Å². The number of hydrazine groups is 1. The Morgan fingerprint density at radius 2 is 2.06 bits per heavy atom. The van der Waals surface area contributed by atoms with Crippen LogP contribution in [0.25, 0.3) is 16.9 Å². The highest BCUT2D eigenvalue weighted by molar-refractivity contribution is 6.32. The maximum absolute atomic E-state index is 6.10. The molecule has 0 aliphatic rings. The number of imidazole rings is 1. The topological polar surface area (TPSA) is 81.6 Å². The lowest BCUT2D eigenvalue weighted by atomic mass is 10.3. The van der Waals surface area contributed by atoms with Crippen LogP contribution in [-0.2, 0) is 0 Å². The summed E-state index contributed by atoms with van der Waals surface area (Å²) < 4.78 is 1.79. The highest BCUT2D eigenvalue weighted by atomic mass is 35.5. The van der Waals surface area contributed by atoms with Gasteiger partial charge >= 0.3 is 0 Å². The van der Waals surface area contributed by atoms with Crippen LogP contribution in [0.2, 0.25) is 5.02 Å². The lowest BCUT2D eigenvalue weighted by Gasteiger charge is -2.06. The number of nitrogen functional groups attached to an aromatic ring is 1. The maximum Gasteiger partial charge on any atom is 0.239 e. The lowest BCUT2D eigenvalue weighted by Crippen LogP contribution is -2.12. The molecule has 90 valence electrons. The minimum Gasteiger partial charge on any atom is -0.292 e. The van der Waals surface area contributed by atoms with Crippen LogP contribution in [0.5, 0.6) is 0 Å². The molecular formula is C11H9ClN6. The van der Waals surface area contributed by atoms with Gasteiger partial charge in [-0.15, -0.1) is 0 Å². The number of halogens is 1. The summed E-state index contributed by atoms with van der Waals surface area (Å²) in [4.78, 5) is 12.4. The summed E-state index contributed by atoms with van der Waals surface area (Å²) in [6.45, 7) is 0. The summed E-state index contributed by atoms with van der Waals surface area (Å²) in [6.07, 6.45) is 3.16. The molecule has 6 nitrogen and oxygen atoms in total. The van der Waals surface area contributed by atoms with Crippen molar-refractivity contribution in [2.45, 2.75) is 0 Å². The molecule has 0 atom stereocenters. The number of nitrogens with two attached hydrogens (primary N) is 1. The van der Waals surface area contributed by atoms with Crippen molar-refractivity contribution < 1.29 is 0 Å². The van der Waals surface area contributed by atoms with Crippen molar-refractivity contribution in [1.29, 1.82) is 0 Å². The van der Waals surface area contributed by atoms with Crippen molar-refractivity contribution in [3.8, 4) is 5.82 Å². The van der Waals surface area contributed by atoms with Crippen molar-refractivity contribution >= 4 is 28.6 Å². The monoisotopic (exact) mass is 260 g/mol. The summed E-state index contributed by atoms with van der Waals surface area (Å²) in [5.41, 5.74) is 4.18. The van der Waals surface area contributed by atoms with Crippen LogP contribution in [0.4, 0.5) is 5.95 Å². The molecule has 0 saturated carbocycles. The van der Waals surface area contributed by atoms with E-state index in [9.17, 15) is 0 Å². The molecule has 2 heterocycles. The Morgan fingerprint density at radius 3 is 2.89 bits per heavy atom. The number of para-hydroxylation sites is 2. The molecule has 3 N–H and O–H groups in total. The summed E-state index contributed by atoms with van der Waals surface area (Å²) in [5, 5.41) is 0.428. The highest BCUT2D eigenvalue weighted by Crippen LogP contribution is 2.22. The van der Waals surface area contributed by atoms with Gasteiger partial charge in [0.15, 0.2) is 5.82 Å². The largest absolute Gasteiger partial charge is 0.292 e. The normalized spacial score (nSPS) is 10.8. The van der Waals surface area contributed by atoms with Crippen LogP contribution in [0.3, 0.4) is 0 Å². The molecular weight excluding hydrogens is 252 g/mol. The van der Waals surface area contributed by atoms with Gasteiger partial charge in [0.05, 0.1) is 17.2 Å². The second-order valence-corrected chi connectivity index (χ2v) is 4.02. The quantitative estimate of drug-likeness (QED) is 0.542. The molecule has 0 unspecified atom stereocenters. The standard InChI is InChI=1S/C11H9ClN6/c12-7-5-14-11(17-13)16-10(7)18-6-15-8-3-1-2-4-9(8)18/h1-6H,13H2,(H,14,16,17). The van der Waals surface area contributed by atoms with Gasteiger partial charge in [-0.2, -0.15) is 4.98 Å². The van der Waals surface area contributed by atoms with E-state index in [1.807, 2.05) is 24.3 Å². The summed E-state index contributed by atoms with van der Waals surface area (Å²) in [7, 11) is 0. The van der Waals surface area contributed by atoms with Crippen molar-refractivity contribution in [1.82, 2.24) is 19.5 Å². The zero-order valence-electron chi connectivity index (χ0n) is 9.21. The van der Waals surface area contributed by atoms with Gasteiger partial charge in [0.25, 0.3) is 0 Å². The molecule has 7 heteroatoms. The first-order valence-electron chi connectivity index (χ1n) is 5.21. The van der Waals surface area contributed by atoms with Gasteiger partial charge in [0.2, 0.25) is 5.95 Å². The van der Waals surface area contributed by atoms with E-state index < -0.39 is 0 Å². The van der Waals surface area contributed by atoms with Crippen molar-refractivity contribution in [3.05, 3.63) is 41.8 Å². The summed E-state index contributed by atoms with van der Waals surface area (Å²) in [5.74, 6) is 6.13. The van der Waals surface area contributed by atoms with Crippen LogP contribution >= 0.6 is 11.6 Å². The molecule has 0 aliphatic heterocycles. The molecule has 0 bridgehead atoms. The van der Waals surface area contributed by atoms with Gasteiger partial charge in [-0.1, -0.05) is 23.7 Å². The third-order valence-corrected chi connectivity index (χ3v) is 2.80. The van der Waals surface area contributed by atoms with E-state index in [1.54, 1.807) is 10.9 Å². The van der Waals surface area contributed by atoms with E-state index in [4.69, 9.17) is 17.4 Å². The number of nitrogens with one attached hydrogen (secondary N) is 1. The van der Waals surface area contributed by atoms with Gasteiger partial charge in [-0.3, -0.25) is 9.99 Å². The highest BCUT2D eigenvalue weighted by Gasteiger charge is 2.10. The van der Waals surface area contributed by atoms with Crippen molar-refractivity contribution in [2.75, 3.05) is 5.43 Å². The molecule has 3 rings (SSSR count). The average Bonchev–Trinajstić information content (AvgIpc) is 2.83. The lowest BCUT2D eigenvalue weighted by molar-refractivity contribution is 0.989. The van der Waals surface area contributed by atoms with Crippen LogP contribution in [0.15, 0.2) is 36.8 Å². The Morgan fingerprint density at radius 1 is 1.22 bits per heavy atom. The first-order valence-corrected chi connectivity index (χ1v) is 5.59. The number of hydrogen-bond acceptors (Lipinski definition) is 5. The van der Waals surface area contributed by atoms with Crippen molar-refractivity contribution in [2.24, 2.45) is 5.84 Å². The number of benzene rings is 1. The number of fused-ring (bicyclic) bond motifs is 1. The fraction of sp³-hybridized carbons (Fsp3) is 0. The number of aromatic nitrogens is 4. The molecule has 0 radical (unpaired) electrons. The third-order valence-electron chi connectivity index (χ3n) is 2.54. The molecule has 18 heavy (non-hydrogen) atoms. The van der Waals surface area contributed by atoms with Crippen LogP contribution < -0.4 is 11.3 Å². The fourth-order valence-corrected chi connectivity index (χ4v) is 1.91. The molecule has 1 aromatic carbocycles. The van der Waals surface area contributed by atoms with E-state index in [-0.39, 0.29) is 0 Å². The first kappa shape index (κ1) is 10.9. The maximum atomic E-state index is 6.10. The van der Waals surface area contributed by atoms with Crippen LogP contribution in [0.1, 0.15) is 0 Å². The molecule has 0 aliphatic carbocycles. The van der Waals surface area contributed by atoms with Gasteiger partial charge in [-0.25, -0.2) is 15.8 Å². The molecule has 3 aromatic rings. The first-order chi connectivity index (χ1) is 8.79. The second kappa shape index (κ2) is 4.25. The number of anilines is 1. The predicted molar refractivity (Wildman–Crippen MR) is 69.5 cm³/mol. The van der Waals surface area contributed by atoms with Gasteiger partial charge < -0.3 is 0 Å². The van der Waals surface area contributed by atoms with Crippen LogP contribution in [0, 0.1) is 0 Å². The predicted octanol–water partition coefficient (Wildman–Crippen LogP) is 1.75. The number of hydrogen-bond donors (Lipinski definition) is 2. The van der Waals surface area contributed by atoms with E-state index in [2.05, 4.69) is 20.4 Å². The molecule has 0 spiro atoms. The SMILES string of the molecule is NNc1ncc(Cl)c(-n2cnc3ccccc32)n1. The zero-order chi connectivity index (χ0) is 12.5. The van der Waals surface area contributed by atoms with Crippen LogP contribution in [-0.4, -0.2) is 19.5 Å². The Balaban J connectivity index is 2.25. The summed E-state index contributed by atoms with van der Waals surface area (Å²) in [6, 6.07) is 7.71. The minimum absolute atomic E-state index is 0.298. The average molecular weight is 261 g/mol. The fourth-order valence-electron chi connectivity index (χ4n) is 1.72. The van der Waals surface area contributed by atoms with E-state index in [0.717, 1.165) is 11.0 Å². The van der Waals surface area contributed by atoms with Gasteiger partial charge in [0, 0.05) is 0 Å². The van der Waals surface area contributed by atoms with Gasteiger partial charge in [-0.05, 0) is 12.1 Å². The Bertz CT molecular complexity index is 708. The van der Waals surface area contributed by atoms with E-state index in [1.165, 1.54) is 6.20 Å². The zero-order valence-corrected chi connectivity index (χ0v) is 9.96. The Hall–Kier alpha value is -2.18. The molecule has 0 fully saturated rings. The third kappa shape index (κ3) is 1.68. The number of rotatable bonds is 2. The molecule has 0 saturated heterocycles.